The normalized spacial score (nSPS) is 10.4. The zero-order chi connectivity index (χ0) is 11.5. The van der Waals surface area contributed by atoms with Gasteiger partial charge < -0.3 is 11.5 Å². The Bertz CT molecular complexity index is 492. The molecule has 4 N–H and O–H groups in total. The summed E-state index contributed by atoms with van der Waals surface area (Å²) in [5, 5.41) is 0.667. The molecule has 0 fully saturated rings. The van der Waals surface area contributed by atoms with Gasteiger partial charge in [0.1, 0.15) is 0 Å². The van der Waals surface area contributed by atoms with Crippen LogP contribution >= 0.6 is 11.6 Å². The minimum atomic E-state index is 0.551. The smallest absolute Gasteiger partial charge is 0.0504 e. The second kappa shape index (κ2) is 4.56. The Labute approximate surface area is 99.8 Å². The lowest BCUT2D eigenvalue weighted by Crippen LogP contribution is -1.95. The molecular formula is C13H13ClN2. The number of halogens is 1. The molecule has 0 unspecified atom stereocenters. The average Bonchev–Trinajstić information content (AvgIpc) is 2.29. The lowest BCUT2D eigenvalue weighted by molar-refractivity contribution is 1.07. The predicted octanol–water partition coefficient (Wildman–Crippen LogP) is 3.05. The van der Waals surface area contributed by atoms with Gasteiger partial charge >= 0.3 is 0 Å². The summed E-state index contributed by atoms with van der Waals surface area (Å²) in [5.74, 6) is 0. The molecule has 0 spiro atoms. The highest BCUT2D eigenvalue weighted by Crippen LogP contribution is 2.29. The molecule has 0 aliphatic carbocycles. The number of nitrogen functional groups attached to an aromatic ring is 1. The van der Waals surface area contributed by atoms with E-state index in [2.05, 4.69) is 0 Å². The van der Waals surface area contributed by atoms with Crippen LogP contribution in [0.25, 0.3) is 11.1 Å². The van der Waals surface area contributed by atoms with Crippen LogP contribution < -0.4 is 11.5 Å². The van der Waals surface area contributed by atoms with E-state index in [-0.39, 0.29) is 0 Å². The van der Waals surface area contributed by atoms with Crippen molar-refractivity contribution in [2.45, 2.75) is 6.54 Å². The maximum absolute atomic E-state index is 6.13. The van der Waals surface area contributed by atoms with E-state index < -0.39 is 0 Å². The van der Waals surface area contributed by atoms with Gasteiger partial charge in [0.15, 0.2) is 0 Å². The first-order chi connectivity index (χ1) is 7.70. The van der Waals surface area contributed by atoms with Crippen molar-refractivity contribution in [3.8, 4) is 11.1 Å². The lowest BCUT2D eigenvalue weighted by atomic mass is 10.0. The van der Waals surface area contributed by atoms with Crippen LogP contribution in [0.1, 0.15) is 5.56 Å². The molecule has 2 aromatic rings. The summed E-state index contributed by atoms with van der Waals surface area (Å²) >= 11 is 6.13. The molecule has 0 bridgehead atoms. The van der Waals surface area contributed by atoms with Crippen LogP contribution in [0.3, 0.4) is 0 Å². The molecule has 0 atom stereocenters. The molecule has 0 saturated heterocycles. The second-order valence-electron chi connectivity index (χ2n) is 3.64. The van der Waals surface area contributed by atoms with E-state index in [1.54, 1.807) is 6.07 Å². The highest BCUT2D eigenvalue weighted by atomic mass is 35.5. The van der Waals surface area contributed by atoms with Crippen molar-refractivity contribution < 1.29 is 0 Å². The summed E-state index contributed by atoms with van der Waals surface area (Å²) in [5.41, 5.74) is 15.0. The Balaban J connectivity index is 2.42. The standard InChI is InChI=1S/C13H13ClN2/c14-13-7-11(16)5-6-12(13)10-3-1-9(8-15)2-4-10/h1-7H,8,15-16H2. The zero-order valence-electron chi connectivity index (χ0n) is 8.78. The van der Waals surface area contributed by atoms with Crippen molar-refractivity contribution in [3.63, 3.8) is 0 Å². The van der Waals surface area contributed by atoms with E-state index in [0.717, 1.165) is 16.7 Å². The highest BCUT2D eigenvalue weighted by Gasteiger charge is 2.03. The van der Waals surface area contributed by atoms with Crippen molar-refractivity contribution in [2.24, 2.45) is 5.73 Å². The number of rotatable bonds is 2. The number of nitrogens with two attached hydrogens (primary N) is 2. The van der Waals surface area contributed by atoms with Gasteiger partial charge in [0.2, 0.25) is 0 Å². The SMILES string of the molecule is NCc1ccc(-c2ccc(N)cc2Cl)cc1. The number of benzene rings is 2. The third-order valence-electron chi connectivity index (χ3n) is 2.49. The second-order valence-corrected chi connectivity index (χ2v) is 4.05. The van der Waals surface area contributed by atoms with E-state index >= 15 is 0 Å². The number of hydrogen-bond donors (Lipinski definition) is 2. The number of hydrogen-bond acceptors (Lipinski definition) is 2. The monoisotopic (exact) mass is 232 g/mol. The molecule has 0 aliphatic rings. The quantitative estimate of drug-likeness (QED) is 0.782. The Kier molecular flexibility index (Phi) is 3.13. The van der Waals surface area contributed by atoms with Gasteiger partial charge in [-0.15, -0.1) is 0 Å². The third-order valence-corrected chi connectivity index (χ3v) is 2.81. The first kappa shape index (κ1) is 11.0. The zero-order valence-corrected chi connectivity index (χ0v) is 9.54. The highest BCUT2D eigenvalue weighted by molar-refractivity contribution is 6.33. The molecule has 2 rings (SSSR count). The van der Waals surface area contributed by atoms with Gasteiger partial charge in [-0.1, -0.05) is 41.9 Å². The Morgan fingerprint density at radius 3 is 2.25 bits per heavy atom. The van der Waals surface area contributed by atoms with Crippen molar-refractivity contribution in [3.05, 3.63) is 53.1 Å². The summed E-state index contributed by atoms with van der Waals surface area (Å²) in [7, 11) is 0. The molecule has 0 saturated carbocycles. The van der Waals surface area contributed by atoms with Crippen LogP contribution in [0.2, 0.25) is 5.02 Å². The van der Waals surface area contributed by atoms with E-state index in [9.17, 15) is 0 Å². The van der Waals surface area contributed by atoms with Crippen LogP contribution in [0.5, 0.6) is 0 Å². The molecule has 3 heteroatoms. The van der Waals surface area contributed by atoms with Crippen LogP contribution in [0.4, 0.5) is 5.69 Å². The van der Waals surface area contributed by atoms with Crippen LogP contribution in [0, 0.1) is 0 Å². The molecular weight excluding hydrogens is 220 g/mol. The van der Waals surface area contributed by atoms with Crippen molar-refractivity contribution in [1.82, 2.24) is 0 Å². The van der Waals surface area contributed by atoms with Crippen molar-refractivity contribution >= 4 is 17.3 Å². The van der Waals surface area contributed by atoms with Gasteiger partial charge in [-0.3, -0.25) is 0 Å². The Hall–Kier alpha value is -1.51. The molecule has 82 valence electrons. The van der Waals surface area contributed by atoms with Crippen LogP contribution in [-0.4, -0.2) is 0 Å². The fourth-order valence-electron chi connectivity index (χ4n) is 1.59. The minimum Gasteiger partial charge on any atom is -0.399 e. The molecule has 0 heterocycles. The predicted molar refractivity (Wildman–Crippen MR) is 69.2 cm³/mol. The molecule has 16 heavy (non-hydrogen) atoms. The summed E-state index contributed by atoms with van der Waals surface area (Å²) in [6.45, 7) is 0.551. The van der Waals surface area contributed by atoms with E-state index in [4.69, 9.17) is 23.1 Å². The maximum Gasteiger partial charge on any atom is 0.0504 e. The van der Waals surface area contributed by atoms with Gasteiger partial charge in [-0.25, -0.2) is 0 Å². The molecule has 0 aliphatic heterocycles. The molecule has 0 radical (unpaired) electrons. The first-order valence-electron chi connectivity index (χ1n) is 5.05. The van der Waals surface area contributed by atoms with Gasteiger partial charge in [-0.05, 0) is 23.3 Å². The van der Waals surface area contributed by atoms with E-state index in [0.29, 0.717) is 17.3 Å². The van der Waals surface area contributed by atoms with Gasteiger partial charge in [0.05, 0.1) is 5.02 Å². The fraction of sp³-hybridized carbons (Fsp3) is 0.0769. The average molecular weight is 233 g/mol. The summed E-state index contributed by atoms with van der Waals surface area (Å²) < 4.78 is 0. The fourth-order valence-corrected chi connectivity index (χ4v) is 1.88. The third kappa shape index (κ3) is 2.18. The van der Waals surface area contributed by atoms with Crippen LogP contribution in [-0.2, 0) is 6.54 Å². The molecule has 2 aromatic carbocycles. The Morgan fingerprint density at radius 2 is 1.69 bits per heavy atom. The number of anilines is 1. The summed E-state index contributed by atoms with van der Waals surface area (Å²) in [6, 6.07) is 13.6. The summed E-state index contributed by atoms with van der Waals surface area (Å²) in [4.78, 5) is 0. The largest absolute Gasteiger partial charge is 0.399 e. The van der Waals surface area contributed by atoms with Gasteiger partial charge in [-0.2, -0.15) is 0 Å². The topological polar surface area (TPSA) is 52.0 Å². The van der Waals surface area contributed by atoms with Crippen molar-refractivity contribution in [1.29, 1.82) is 0 Å². The lowest BCUT2D eigenvalue weighted by Gasteiger charge is -2.06. The van der Waals surface area contributed by atoms with Gasteiger partial charge in [0.25, 0.3) is 0 Å². The van der Waals surface area contributed by atoms with Gasteiger partial charge in [0, 0.05) is 17.8 Å². The molecule has 0 aromatic heterocycles. The molecule has 2 nitrogen and oxygen atoms in total. The van der Waals surface area contributed by atoms with E-state index in [1.165, 1.54) is 0 Å². The van der Waals surface area contributed by atoms with E-state index in [1.807, 2.05) is 36.4 Å². The molecule has 0 amide bonds. The Morgan fingerprint density at radius 1 is 1.00 bits per heavy atom. The minimum absolute atomic E-state index is 0.551. The summed E-state index contributed by atoms with van der Waals surface area (Å²) in [6.07, 6.45) is 0. The van der Waals surface area contributed by atoms with Crippen molar-refractivity contribution in [2.75, 3.05) is 5.73 Å². The maximum atomic E-state index is 6.13. The first-order valence-corrected chi connectivity index (χ1v) is 5.43. The van der Waals surface area contributed by atoms with Crippen LogP contribution in [0.15, 0.2) is 42.5 Å².